The largest absolute Gasteiger partial charge is 0.508 e. The van der Waals surface area contributed by atoms with Crippen LogP contribution in [-0.2, 0) is 4.79 Å². The van der Waals surface area contributed by atoms with E-state index in [0.29, 0.717) is 23.5 Å². The maximum Gasteiger partial charge on any atom is 0.260 e. The van der Waals surface area contributed by atoms with Gasteiger partial charge in [0.1, 0.15) is 5.75 Å². The highest BCUT2D eigenvalue weighted by molar-refractivity contribution is 9.10. The molecule has 132 valence electrons. The molecule has 0 aliphatic carbocycles. The molecule has 0 aromatic heterocycles. The summed E-state index contributed by atoms with van der Waals surface area (Å²) in [7, 11) is 0. The van der Waals surface area contributed by atoms with Crippen LogP contribution in [0.5, 0.6) is 11.5 Å². The SMILES string of the molecule is O=C(COc1ccc(Br)cc1F)N1CCC(c2ccc(O)cc2)CC1. The number of hydrogen-bond acceptors (Lipinski definition) is 3. The Balaban J connectivity index is 1.50. The Kier molecular flexibility index (Phi) is 5.58. The average Bonchev–Trinajstić information content (AvgIpc) is 2.61. The molecular formula is C19H19BrFNO3. The summed E-state index contributed by atoms with van der Waals surface area (Å²) in [5.74, 6) is 0.0957. The van der Waals surface area contributed by atoms with Gasteiger partial charge in [0.2, 0.25) is 0 Å². The van der Waals surface area contributed by atoms with E-state index < -0.39 is 5.82 Å². The minimum atomic E-state index is -0.492. The first-order chi connectivity index (χ1) is 12.0. The number of phenols is 1. The third kappa shape index (κ3) is 4.51. The number of nitrogens with zero attached hydrogens (tertiary/aromatic N) is 1. The quantitative estimate of drug-likeness (QED) is 0.830. The molecule has 6 heteroatoms. The van der Waals surface area contributed by atoms with Gasteiger partial charge in [0.25, 0.3) is 5.91 Å². The van der Waals surface area contributed by atoms with E-state index in [1.54, 1.807) is 23.1 Å². The number of carbonyl (C=O) groups is 1. The lowest BCUT2D eigenvalue weighted by atomic mass is 9.89. The molecule has 1 fully saturated rings. The summed E-state index contributed by atoms with van der Waals surface area (Å²) in [6.07, 6.45) is 1.73. The molecule has 2 aromatic rings. The van der Waals surface area contributed by atoms with Gasteiger partial charge in [-0.25, -0.2) is 4.39 Å². The highest BCUT2D eigenvalue weighted by atomic mass is 79.9. The topological polar surface area (TPSA) is 49.8 Å². The Hall–Kier alpha value is -2.08. The molecule has 25 heavy (non-hydrogen) atoms. The molecule has 1 aliphatic heterocycles. The van der Waals surface area contributed by atoms with Crippen molar-refractivity contribution in [2.75, 3.05) is 19.7 Å². The standard InChI is InChI=1S/C19H19BrFNO3/c20-15-3-6-18(17(21)11-15)25-12-19(24)22-9-7-14(8-10-22)13-1-4-16(23)5-2-13/h1-6,11,14,23H,7-10,12H2. The van der Waals surface area contributed by atoms with E-state index in [1.165, 1.54) is 17.7 Å². The Morgan fingerprint density at radius 2 is 1.88 bits per heavy atom. The molecule has 1 aliphatic rings. The fraction of sp³-hybridized carbons (Fsp3) is 0.316. The Morgan fingerprint density at radius 1 is 1.20 bits per heavy atom. The second-order valence-corrected chi connectivity index (χ2v) is 7.03. The van der Waals surface area contributed by atoms with Crippen molar-refractivity contribution in [3.63, 3.8) is 0 Å². The number of amides is 1. The number of carbonyl (C=O) groups excluding carboxylic acids is 1. The number of hydrogen-bond donors (Lipinski definition) is 1. The smallest absolute Gasteiger partial charge is 0.260 e. The number of phenolic OH excluding ortho intramolecular Hbond substituents is 1. The molecule has 2 aromatic carbocycles. The van der Waals surface area contributed by atoms with Crippen LogP contribution in [-0.4, -0.2) is 35.6 Å². The van der Waals surface area contributed by atoms with E-state index in [9.17, 15) is 14.3 Å². The third-order valence-corrected chi connectivity index (χ3v) is 4.95. The zero-order valence-corrected chi connectivity index (χ0v) is 15.2. The van der Waals surface area contributed by atoms with Crippen LogP contribution in [0.4, 0.5) is 4.39 Å². The van der Waals surface area contributed by atoms with Crippen molar-refractivity contribution in [1.29, 1.82) is 0 Å². The predicted octanol–water partition coefficient (Wildman–Crippen LogP) is 4.08. The van der Waals surface area contributed by atoms with E-state index in [0.717, 1.165) is 12.8 Å². The van der Waals surface area contributed by atoms with Crippen molar-refractivity contribution in [2.45, 2.75) is 18.8 Å². The number of halogens is 2. The van der Waals surface area contributed by atoms with Gasteiger partial charge < -0.3 is 14.7 Å². The molecule has 1 saturated heterocycles. The van der Waals surface area contributed by atoms with Crippen molar-refractivity contribution in [1.82, 2.24) is 4.90 Å². The highest BCUT2D eigenvalue weighted by Crippen LogP contribution is 2.29. The Labute approximate surface area is 154 Å². The van der Waals surface area contributed by atoms with E-state index in [1.807, 2.05) is 12.1 Å². The van der Waals surface area contributed by atoms with Crippen molar-refractivity contribution in [3.8, 4) is 11.5 Å². The monoisotopic (exact) mass is 407 g/mol. The van der Waals surface area contributed by atoms with Crippen LogP contribution in [0.1, 0.15) is 24.3 Å². The van der Waals surface area contributed by atoms with E-state index in [4.69, 9.17) is 4.74 Å². The number of aromatic hydroxyl groups is 1. The van der Waals surface area contributed by atoms with Gasteiger partial charge in [0, 0.05) is 17.6 Å². The molecule has 1 amide bonds. The summed E-state index contributed by atoms with van der Waals surface area (Å²) in [6.45, 7) is 1.13. The van der Waals surface area contributed by atoms with Gasteiger partial charge in [0.15, 0.2) is 18.2 Å². The summed E-state index contributed by atoms with van der Waals surface area (Å²) in [5.41, 5.74) is 1.18. The van der Waals surface area contributed by atoms with E-state index >= 15 is 0 Å². The summed E-state index contributed by atoms with van der Waals surface area (Å²) in [4.78, 5) is 14.0. The lowest BCUT2D eigenvalue weighted by Crippen LogP contribution is -2.40. The number of likely N-dealkylation sites (tertiary alicyclic amines) is 1. The van der Waals surface area contributed by atoms with Crippen LogP contribution < -0.4 is 4.74 Å². The minimum absolute atomic E-state index is 0.0792. The number of ether oxygens (including phenoxy) is 1. The Morgan fingerprint density at radius 3 is 2.52 bits per heavy atom. The first kappa shape index (κ1) is 17.7. The molecule has 1 heterocycles. The van der Waals surface area contributed by atoms with Gasteiger partial charge in [-0.3, -0.25) is 4.79 Å². The molecule has 0 atom stereocenters. The molecule has 0 bridgehead atoms. The number of piperidine rings is 1. The van der Waals surface area contributed by atoms with Crippen LogP contribution in [0.15, 0.2) is 46.9 Å². The van der Waals surface area contributed by atoms with Crippen molar-refractivity contribution < 1.29 is 19.0 Å². The maximum atomic E-state index is 13.7. The summed E-state index contributed by atoms with van der Waals surface area (Å²) >= 11 is 3.18. The van der Waals surface area contributed by atoms with Gasteiger partial charge in [0.05, 0.1) is 0 Å². The molecular weight excluding hydrogens is 389 g/mol. The Bertz CT molecular complexity index is 743. The molecule has 0 spiro atoms. The van der Waals surface area contributed by atoms with E-state index in [2.05, 4.69) is 15.9 Å². The third-order valence-electron chi connectivity index (χ3n) is 4.46. The zero-order chi connectivity index (χ0) is 17.8. The van der Waals surface area contributed by atoms with Crippen LogP contribution >= 0.6 is 15.9 Å². The maximum absolute atomic E-state index is 13.7. The molecule has 3 rings (SSSR count). The van der Waals surface area contributed by atoms with Gasteiger partial charge in [-0.1, -0.05) is 28.1 Å². The highest BCUT2D eigenvalue weighted by Gasteiger charge is 2.24. The summed E-state index contributed by atoms with van der Waals surface area (Å²) < 4.78 is 19.7. The molecule has 0 radical (unpaired) electrons. The lowest BCUT2D eigenvalue weighted by molar-refractivity contribution is -0.134. The molecule has 4 nitrogen and oxygen atoms in total. The van der Waals surface area contributed by atoms with Crippen molar-refractivity contribution in [2.24, 2.45) is 0 Å². The van der Waals surface area contributed by atoms with Crippen LogP contribution in [0, 0.1) is 5.82 Å². The lowest BCUT2D eigenvalue weighted by Gasteiger charge is -2.32. The van der Waals surface area contributed by atoms with Gasteiger partial charge in [-0.15, -0.1) is 0 Å². The van der Waals surface area contributed by atoms with Crippen LogP contribution in [0.3, 0.4) is 0 Å². The fourth-order valence-corrected chi connectivity index (χ4v) is 3.36. The van der Waals surface area contributed by atoms with Crippen LogP contribution in [0.2, 0.25) is 0 Å². The average molecular weight is 408 g/mol. The van der Waals surface area contributed by atoms with Crippen molar-refractivity contribution in [3.05, 3.63) is 58.3 Å². The molecule has 0 saturated carbocycles. The normalized spacial score (nSPS) is 15.2. The zero-order valence-electron chi connectivity index (χ0n) is 13.6. The predicted molar refractivity (Wildman–Crippen MR) is 96.3 cm³/mol. The van der Waals surface area contributed by atoms with Crippen LogP contribution in [0.25, 0.3) is 0 Å². The molecule has 1 N–H and O–H groups in total. The van der Waals surface area contributed by atoms with Gasteiger partial charge in [-0.2, -0.15) is 0 Å². The summed E-state index contributed by atoms with van der Waals surface area (Å²) in [5, 5.41) is 9.36. The summed E-state index contributed by atoms with van der Waals surface area (Å²) in [6, 6.07) is 11.7. The number of benzene rings is 2. The molecule has 0 unspecified atom stereocenters. The van der Waals surface area contributed by atoms with Gasteiger partial charge in [-0.05, 0) is 54.7 Å². The first-order valence-electron chi connectivity index (χ1n) is 8.17. The minimum Gasteiger partial charge on any atom is -0.508 e. The van der Waals surface area contributed by atoms with Crippen molar-refractivity contribution >= 4 is 21.8 Å². The second kappa shape index (κ2) is 7.87. The first-order valence-corrected chi connectivity index (χ1v) is 8.97. The van der Waals surface area contributed by atoms with Gasteiger partial charge >= 0.3 is 0 Å². The van der Waals surface area contributed by atoms with E-state index in [-0.39, 0.29) is 24.0 Å². The second-order valence-electron chi connectivity index (χ2n) is 6.11. The fourth-order valence-electron chi connectivity index (χ4n) is 3.03. The number of rotatable bonds is 4.